The molecule has 12 heteroatoms. The Kier molecular flexibility index (Phi) is 5.24. The van der Waals surface area contributed by atoms with Crippen molar-refractivity contribution in [3.63, 3.8) is 0 Å². The van der Waals surface area contributed by atoms with Crippen molar-refractivity contribution in [2.45, 2.75) is 23.8 Å². The van der Waals surface area contributed by atoms with E-state index in [1.165, 1.54) is 22.4 Å². The number of carbonyl (C=O) groups excluding carboxylic acids is 1. The Morgan fingerprint density at radius 3 is 2.25 bits per heavy atom. The minimum Gasteiger partial charge on any atom is -0.506 e. The quantitative estimate of drug-likeness (QED) is 0.436. The van der Waals surface area contributed by atoms with Crippen LogP contribution < -0.4 is 10.9 Å². The van der Waals surface area contributed by atoms with Gasteiger partial charge in [-0.15, -0.1) is 11.8 Å². The maximum Gasteiger partial charge on any atom is 0.416 e. The number of aryl methyl sites for hydroxylation is 1. The van der Waals surface area contributed by atoms with Crippen LogP contribution in [-0.2, 0) is 18.9 Å². The van der Waals surface area contributed by atoms with Gasteiger partial charge >= 0.3 is 18.3 Å². The molecular weight excluding hydrogens is 462 g/mol. The number of quaternary nitrogens is 1. The number of aromatic hydroxyl groups is 1. The van der Waals surface area contributed by atoms with Crippen LogP contribution in [-0.4, -0.2) is 21.3 Å². The first-order valence-electron chi connectivity index (χ1n) is 9.08. The average molecular weight is 475 g/mol. The number of nitrogens with zero attached hydrogens (tertiary/aromatic N) is 1. The molecule has 3 aromatic rings. The fourth-order valence-electron chi connectivity index (χ4n) is 3.55. The Bertz CT molecular complexity index is 1280. The lowest BCUT2D eigenvalue weighted by Gasteiger charge is -2.20. The van der Waals surface area contributed by atoms with E-state index in [-0.39, 0.29) is 18.0 Å². The molecule has 3 N–H and O–H groups in total. The predicted octanol–water partition coefficient (Wildman–Crippen LogP) is 3.89. The number of rotatable bonds is 2. The lowest BCUT2D eigenvalue weighted by atomic mass is 10.1. The number of aromatic nitrogens is 1. The van der Waals surface area contributed by atoms with Crippen molar-refractivity contribution in [1.82, 2.24) is 4.57 Å². The fourth-order valence-corrected chi connectivity index (χ4v) is 4.57. The number of amides is 1. The Morgan fingerprint density at radius 1 is 1.03 bits per heavy atom. The van der Waals surface area contributed by atoms with E-state index in [9.17, 15) is 41.0 Å². The van der Waals surface area contributed by atoms with E-state index in [1.807, 2.05) is 0 Å². The summed E-state index contributed by atoms with van der Waals surface area (Å²) in [4.78, 5) is 26.4. The van der Waals surface area contributed by atoms with Crippen molar-refractivity contribution < 1.29 is 41.6 Å². The molecule has 1 aromatic heterocycles. The molecule has 0 aliphatic carbocycles. The Labute approximate surface area is 179 Å². The number of halogens is 6. The minimum absolute atomic E-state index is 0.0620. The first-order chi connectivity index (χ1) is 14.9. The third-order valence-electron chi connectivity index (χ3n) is 4.95. The summed E-state index contributed by atoms with van der Waals surface area (Å²) in [7, 11) is 0. The first-order valence-corrected chi connectivity index (χ1v) is 10.1. The topological polar surface area (TPSA) is 75.9 Å². The molecule has 0 bridgehead atoms. The molecule has 1 aliphatic heterocycles. The molecule has 0 saturated carbocycles. The van der Waals surface area contributed by atoms with Gasteiger partial charge in [0.1, 0.15) is 11.4 Å². The van der Waals surface area contributed by atoms with Crippen LogP contribution >= 0.6 is 11.8 Å². The predicted molar refractivity (Wildman–Crippen MR) is 103 cm³/mol. The summed E-state index contributed by atoms with van der Waals surface area (Å²) in [6.45, 7) is 0.222. The first kappa shape index (κ1) is 22.2. The summed E-state index contributed by atoms with van der Waals surface area (Å²) < 4.78 is 79.8. The zero-order valence-corrected chi connectivity index (χ0v) is 16.7. The van der Waals surface area contributed by atoms with Gasteiger partial charge in [0.15, 0.2) is 5.56 Å². The second-order valence-electron chi connectivity index (χ2n) is 7.03. The van der Waals surface area contributed by atoms with Crippen LogP contribution in [0, 0.1) is 0 Å². The highest BCUT2D eigenvalue weighted by atomic mass is 32.2. The highest BCUT2D eigenvalue weighted by molar-refractivity contribution is 7.99. The molecule has 0 radical (unpaired) electrons. The van der Waals surface area contributed by atoms with Gasteiger partial charge in [0.05, 0.1) is 16.6 Å². The second kappa shape index (κ2) is 7.55. The molecule has 0 unspecified atom stereocenters. The van der Waals surface area contributed by atoms with E-state index in [0.717, 1.165) is 0 Å². The molecular formula is C20H13F6N2O3S+. The number of para-hydroxylation sites is 1. The van der Waals surface area contributed by atoms with Crippen molar-refractivity contribution in [2.24, 2.45) is 0 Å². The summed E-state index contributed by atoms with van der Waals surface area (Å²) in [5.41, 5.74) is -5.05. The molecule has 2 aromatic carbocycles. The largest absolute Gasteiger partial charge is 0.506 e. The number of primary amides is 1. The third kappa shape index (κ3) is 3.84. The highest BCUT2D eigenvalue weighted by Crippen LogP contribution is 2.38. The number of carbonyl (C=O) groups is 1. The van der Waals surface area contributed by atoms with Gasteiger partial charge in [-0.25, -0.2) is 10.1 Å². The number of pyridine rings is 1. The van der Waals surface area contributed by atoms with Crippen LogP contribution in [0.15, 0.2) is 46.1 Å². The average Bonchev–Trinajstić information content (AvgIpc) is 2.70. The zero-order valence-electron chi connectivity index (χ0n) is 15.8. The van der Waals surface area contributed by atoms with Crippen LogP contribution in [0.1, 0.15) is 21.5 Å². The van der Waals surface area contributed by atoms with E-state index >= 15 is 0 Å². The monoisotopic (exact) mass is 475 g/mol. The molecule has 168 valence electrons. The van der Waals surface area contributed by atoms with Crippen LogP contribution in [0.5, 0.6) is 5.75 Å². The molecule has 0 spiro atoms. The van der Waals surface area contributed by atoms with E-state index in [2.05, 4.69) is 0 Å². The van der Waals surface area contributed by atoms with Gasteiger partial charge in [-0.2, -0.15) is 26.3 Å². The molecule has 1 amide bonds. The smallest absolute Gasteiger partial charge is 0.416 e. The molecule has 32 heavy (non-hydrogen) atoms. The summed E-state index contributed by atoms with van der Waals surface area (Å²) >= 11 is 1.45. The highest BCUT2D eigenvalue weighted by Gasteiger charge is 2.38. The maximum atomic E-state index is 13.1. The number of nitrogens with two attached hydrogens (primary N) is 1. The van der Waals surface area contributed by atoms with E-state index in [0.29, 0.717) is 33.6 Å². The van der Waals surface area contributed by atoms with Crippen LogP contribution in [0.4, 0.5) is 32.0 Å². The fraction of sp³-hybridized carbons (Fsp3) is 0.200. The Morgan fingerprint density at radius 2 is 1.66 bits per heavy atom. The van der Waals surface area contributed by atoms with E-state index < -0.39 is 51.9 Å². The number of benzene rings is 2. The molecule has 5 nitrogen and oxygen atoms in total. The summed E-state index contributed by atoms with van der Waals surface area (Å²) in [6, 6.07) is 5.50. The van der Waals surface area contributed by atoms with Crippen molar-refractivity contribution in [2.75, 3.05) is 5.75 Å². The summed E-state index contributed by atoms with van der Waals surface area (Å²) in [6.07, 6.45) is -10.2. The molecule has 4 rings (SSSR count). The van der Waals surface area contributed by atoms with Gasteiger partial charge in [0, 0.05) is 34.7 Å². The molecule has 2 heterocycles. The number of thioether (sulfide) groups is 1. The zero-order chi connectivity index (χ0) is 23.4. The maximum absolute atomic E-state index is 13.1. The normalized spacial score (nSPS) is 14.1. The molecule has 0 fully saturated rings. The minimum atomic E-state index is -5.09. The summed E-state index contributed by atoms with van der Waals surface area (Å²) in [5, 5.41) is 11.3. The van der Waals surface area contributed by atoms with Gasteiger partial charge in [0.25, 0.3) is 5.56 Å². The number of alkyl halides is 6. The Hall–Kier alpha value is -2.99. The van der Waals surface area contributed by atoms with Crippen LogP contribution in [0.25, 0.3) is 10.9 Å². The van der Waals surface area contributed by atoms with Crippen molar-refractivity contribution in [1.29, 1.82) is 0 Å². The van der Waals surface area contributed by atoms with Crippen molar-refractivity contribution >= 4 is 34.3 Å². The third-order valence-corrected chi connectivity index (χ3v) is 5.97. The van der Waals surface area contributed by atoms with Gasteiger partial charge in [-0.3, -0.25) is 4.79 Å². The van der Waals surface area contributed by atoms with Gasteiger partial charge < -0.3 is 9.67 Å². The Balaban J connectivity index is 1.83. The van der Waals surface area contributed by atoms with Crippen molar-refractivity contribution in [3.05, 3.63) is 63.4 Å². The SMILES string of the molecule is O=C([NH2+]c1cc(C(F)(F)F)cc(C(F)(F)F)c1)c1c(O)c2cccc3c2n(c1=O)CCS3. The van der Waals surface area contributed by atoms with Crippen LogP contribution in [0.3, 0.4) is 0 Å². The molecule has 1 aliphatic rings. The second-order valence-corrected chi connectivity index (χ2v) is 8.17. The number of hydrogen-bond donors (Lipinski definition) is 2. The number of hydrogen-bond acceptors (Lipinski definition) is 4. The molecule has 0 atom stereocenters. The van der Waals surface area contributed by atoms with E-state index in [1.54, 1.807) is 12.1 Å². The van der Waals surface area contributed by atoms with Gasteiger partial charge in [-0.1, -0.05) is 6.07 Å². The summed E-state index contributed by atoms with van der Waals surface area (Å²) in [5.74, 6) is -1.36. The lowest BCUT2D eigenvalue weighted by Crippen LogP contribution is -2.83. The van der Waals surface area contributed by atoms with Crippen LogP contribution in [0.2, 0.25) is 0 Å². The van der Waals surface area contributed by atoms with Gasteiger partial charge in [-0.05, 0) is 18.2 Å². The van der Waals surface area contributed by atoms with Crippen molar-refractivity contribution in [3.8, 4) is 5.75 Å². The van der Waals surface area contributed by atoms with Gasteiger partial charge in [0.2, 0.25) is 0 Å². The lowest BCUT2D eigenvalue weighted by molar-refractivity contribution is -0.464. The van der Waals surface area contributed by atoms with E-state index in [4.69, 9.17) is 0 Å². The standard InChI is InChI=1S/C20H12F6N2O3S/c21-19(22,23)9-6-10(20(24,25)26)8-11(7-9)27-17(30)14-16(29)12-2-1-3-13-15(12)28(18(14)31)4-5-32-13/h1-3,6-8,29H,4-5H2,(H,27,30)/p+1. The molecule has 0 saturated heterocycles.